The molecule has 0 radical (unpaired) electrons. The molecular weight excluding hydrogens is 1080 g/mol. The summed E-state index contributed by atoms with van der Waals surface area (Å²) in [4.78, 5) is 2.72. The van der Waals surface area contributed by atoms with Crippen molar-refractivity contribution in [3.8, 4) is 0 Å². The number of benzene rings is 13. The van der Waals surface area contributed by atoms with Gasteiger partial charge >= 0.3 is 0 Å². The standard InChI is InChI=1S/C84H67NSi2/c1-82(2,3)66-58-77-81-78(59-66)84(64-38-18-6-19-39-64,65-40-20-7-21-41-65)76-61-74(87(70-48-28-11-29-49-70,71-50-30-12-31-51-71)72-52-32-13-33-53-72)55-57-80(76)85(81)79-56-54-73(60-75(79)83(77,62-34-14-4-15-35-62)63-36-16-5-17-37-63)86(67-42-22-8-23-43-67,68-44-24-9-25-45-68)69-46-26-10-27-47-69/h4-61H,1-3H3. The zero-order valence-electron chi connectivity index (χ0n) is 49.4. The molecule has 0 spiro atoms. The molecular formula is C84H67NSi2. The lowest BCUT2D eigenvalue weighted by Crippen LogP contribution is -2.75. The topological polar surface area (TPSA) is 3.24 Å². The summed E-state index contributed by atoms with van der Waals surface area (Å²) in [5, 5.41) is 10.7. The van der Waals surface area contributed by atoms with Crippen molar-refractivity contribution < 1.29 is 0 Å². The Morgan fingerprint density at radius 2 is 0.471 bits per heavy atom. The van der Waals surface area contributed by atoms with Crippen LogP contribution in [0, 0.1) is 0 Å². The third kappa shape index (κ3) is 8.17. The average molecular weight is 1150 g/mol. The summed E-state index contributed by atoms with van der Waals surface area (Å²) >= 11 is 0. The predicted octanol–water partition coefficient (Wildman–Crippen LogP) is 14.6. The molecule has 0 amide bonds. The van der Waals surface area contributed by atoms with Gasteiger partial charge in [-0.2, -0.15) is 0 Å². The molecule has 2 aliphatic heterocycles. The fraction of sp³-hybridized carbons (Fsp3) is 0.0714. The Hall–Kier alpha value is -9.91. The second-order valence-electron chi connectivity index (χ2n) is 24.6. The van der Waals surface area contributed by atoms with Crippen LogP contribution in [0.25, 0.3) is 0 Å². The van der Waals surface area contributed by atoms with Gasteiger partial charge in [0.05, 0.1) is 27.9 Å². The largest absolute Gasteiger partial charge is 0.309 e. The van der Waals surface area contributed by atoms with Crippen LogP contribution in [0.5, 0.6) is 0 Å². The smallest absolute Gasteiger partial charge is 0.179 e. The van der Waals surface area contributed by atoms with Gasteiger partial charge in [0, 0.05) is 0 Å². The Morgan fingerprint density at radius 3 is 0.701 bits per heavy atom. The molecule has 13 aromatic carbocycles. The fourth-order valence-electron chi connectivity index (χ4n) is 15.5. The Labute approximate surface area is 515 Å². The van der Waals surface area contributed by atoms with E-state index in [4.69, 9.17) is 0 Å². The van der Waals surface area contributed by atoms with Gasteiger partial charge in [0.15, 0.2) is 16.1 Å². The van der Waals surface area contributed by atoms with Crippen LogP contribution in [0.15, 0.2) is 352 Å². The van der Waals surface area contributed by atoms with E-state index in [0.717, 1.165) is 0 Å². The second-order valence-corrected chi connectivity index (χ2v) is 32.2. The van der Waals surface area contributed by atoms with Gasteiger partial charge in [0.2, 0.25) is 0 Å². The van der Waals surface area contributed by atoms with Crippen LogP contribution in [0.2, 0.25) is 0 Å². The number of anilines is 3. The highest BCUT2D eigenvalue weighted by Gasteiger charge is 2.56. The second kappa shape index (κ2) is 21.6. The van der Waals surface area contributed by atoms with Crippen molar-refractivity contribution in [2.75, 3.05) is 4.90 Å². The lowest BCUT2D eigenvalue weighted by atomic mass is 9.56. The number of rotatable bonds is 12. The zero-order chi connectivity index (χ0) is 58.6. The van der Waals surface area contributed by atoms with E-state index in [9.17, 15) is 0 Å². The van der Waals surface area contributed by atoms with Gasteiger partial charge < -0.3 is 4.90 Å². The summed E-state index contributed by atoms with van der Waals surface area (Å²) in [5.41, 5.74) is 12.9. The highest BCUT2D eigenvalue weighted by atomic mass is 28.3. The van der Waals surface area contributed by atoms with Crippen molar-refractivity contribution in [1.82, 2.24) is 0 Å². The predicted molar refractivity (Wildman–Crippen MR) is 371 cm³/mol. The quantitative estimate of drug-likeness (QED) is 0.0870. The highest BCUT2D eigenvalue weighted by molar-refractivity contribution is 7.20. The van der Waals surface area contributed by atoms with E-state index >= 15 is 0 Å². The summed E-state index contributed by atoms with van der Waals surface area (Å²) in [6, 6.07) is 135. The van der Waals surface area contributed by atoms with Gasteiger partial charge in [0.1, 0.15) is 0 Å². The van der Waals surface area contributed by atoms with Crippen LogP contribution in [0.3, 0.4) is 0 Å². The first-order valence-electron chi connectivity index (χ1n) is 30.7. The number of hydrogen-bond donors (Lipinski definition) is 0. The summed E-state index contributed by atoms with van der Waals surface area (Å²) < 4.78 is 0. The Morgan fingerprint density at radius 1 is 0.241 bits per heavy atom. The third-order valence-corrected chi connectivity index (χ3v) is 28.8. The normalized spacial score (nSPS) is 13.9. The molecule has 0 fully saturated rings. The van der Waals surface area contributed by atoms with Gasteiger partial charge in [-0.15, -0.1) is 0 Å². The summed E-state index contributed by atoms with van der Waals surface area (Å²) in [7, 11) is -6.21. The van der Waals surface area contributed by atoms with Crippen molar-refractivity contribution in [2.24, 2.45) is 0 Å². The van der Waals surface area contributed by atoms with Gasteiger partial charge in [0.25, 0.3) is 0 Å². The van der Waals surface area contributed by atoms with Gasteiger partial charge in [-0.3, -0.25) is 0 Å². The zero-order valence-corrected chi connectivity index (χ0v) is 51.4. The summed E-state index contributed by atoms with van der Waals surface area (Å²) in [6.07, 6.45) is 0. The summed E-state index contributed by atoms with van der Waals surface area (Å²) in [5.74, 6) is 0. The average Bonchev–Trinajstić information content (AvgIpc) is 0.774. The molecule has 1 nitrogen and oxygen atoms in total. The van der Waals surface area contributed by atoms with Gasteiger partial charge in [-0.05, 0) is 109 Å². The van der Waals surface area contributed by atoms with E-state index in [0.29, 0.717) is 0 Å². The molecule has 15 rings (SSSR count). The first-order valence-corrected chi connectivity index (χ1v) is 34.7. The van der Waals surface area contributed by atoms with E-state index < -0.39 is 27.0 Å². The van der Waals surface area contributed by atoms with Crippen LogP contribution in [-0.4, -0.2) is 16.1 Å². The Kier molecular flexibility index (Phi) is 13.3. The van der Waals surface area contributed by atoms with E-state index in [1.165, 1.54) is 109 Å². The lowest BCUT2D eigenvalue weighted by Gasteiger charge is -2.54. The van der Waals surface area contributed by atoms with Crippen molar-refractivity contribution in [3.05, 3.63) is 402 Å². The first-order chi connectivity index (χ1) is 42.8. The first kappa shape index (κ1) is 53.8. The monoisotopic (exact) mass is 1150 g/mol. The molecule has 0 saturated heterocycles. The van der Waals surface area contributed by atoms with Crippen LogP contribution < -0.4 is 46.4 Å². The fourth-order valence-corrected chi connectivity index (χ4v) is 25.1. The lowest BCUT2D eigenvalue weighted by molar-refractivity contribution is 0.581. The minimum absolute atomic E-state index is 0.273. The Bertz CT molecular complexity index is 4000. The molecule has 0 aliphatic carbocycles. The number of fused-ring (bicyclic) bond motifs is 4. The van der Waals surface area contributed by atoms with Crippen LogP contribution in [-0.2, 0) is 16.2 Å². The molecule has 3 heteroatoms. The molecule has 0 N–H and O–H groups in total. The molecule has 0 aromatic heterocycles. The van der Waals surface area contributed by atoms with E-state index in [1.54, 1.807) is 0 Å². The van der Waals surface area contributed by atoms with E-state index in [1.807, 2.05) is 0 Å². The molecule has 2 aliphatic rings. The Balaban J connectivity index is 1.17. The maximum Gasteiger partial charge on any atom is 0.179 e. The minimum atomic E-state index is -3.11. The van der Waals surface area contributed by atoms with Crippen LogP contribution in [0.4, 0.5) is 17.1 Å². The van der Waals surface area contributed by atoms with Gasteiger partial charge in [-0.1, -0.05) is 360 Å². The maximum absolute atomic E-state index is 3.11. The van der Waals surface area contributed by atoms with Gasteiger partial charge in [-0.25, -0.2) is 0 Å². The molecule has 87 heavy (non-hydrogen) atoms. The maximum atomic E-state index is 2.72. The molecule has 0 bridgehead atoms. The molecule has 0 unspecified atom stereocenters. The van der Waals surface area contributed by atoms with Crippen molar-refractivity contribution >= 4 is 74.7 Å². The number of hydrogen-bond acceptors (Lipinski definition) is 1. The molecule has 2 heterocycles. The van der Waals surface area contributed by atoms with Crippen LogP contribution in [0.1, 0.15) is 70.8 Å². The third-order valence-electron chi connectivity index (χ3n) is 19.2. The SMILES string of the molecule is CC(C)(C)c1cc2c3c(c1)C(c1ccccc1)(c1ccccc1)c1cc([Si](c4ccccc4)(c4ccccc4)c4ccccc4)ccc1N3c1ccc([Si](c3ccccc3)(c3ccccc3)c3ccccc3)cc1C2(c1ccccc1)c1ccccc1. The van der Waals surface area contributed by atoms with Crippen molar-refractivity contribution in [1.29, 1.82) is 0 Å². The van der Waals surface area contributed by atoms with Crippen LogP contribution >= 0.6 is 0 Å². The molecule has 0 atom stereocenters. The van der Waals surface area contributed by atoms with E-state index in [-0.39, 0.29) is 5.41 Å². The molecule has 416 valence electrons. The molecule has 0 saturated carbocycles. The van der Waals surface area contributed by atoms with Crippen molar-refractivity contribution in [3.63, 3.8) is 0 Å². The molecule has 13 aromatic rings. The highest BCUT2D eigenvalue weighted by Crippen LogP contribution is 2.66. The minimum Gasteiger partial charge on any atom is -0.309 e. The van der Waals surface area contributed by atoms with Crippen molar-refractivity contribution in [2.45, 2.75) is 37.0 Å². The summed E-state index contributed by atoms with van der Waals surface area (Å²) in [6.45, 7) is 7.21. The van der Waals surface area contributed by atoms with E-state index in [2.05, 4.69) is 378 Å². The number of nitrogens with zero attached hydrogens (tertiary/aromatic N) is 1.